The predicted molar refractivity (Wildman–Crippen MR) is 130 cm³/mol. The fourth-order valence-corrected chi connectivity index (χ4v) is 4.63. The summed E-state index contributed by atoms with van der Waals surface area (Å²) in [5.74, 6) is -2.60. The number of rotatable bonds is 10. The molecule has 1 aliphatic carbocycles. The average Bonchev–Trinajstić information content (AvgIpc) is 3.63. The van der Waals surface area contributed by atoms with E-state index in [-0.39, 0.29) is 31.4 Å². The van der Waals surface area contributed by atoms with Crippen LogP contribution in [0, 0.1) is 11.2 Å². The number of nitrogens with one attached hydrogen (secondary N) is 2. The van der Waals surface area contributed by atoms with Gasteiger partial charge >= 0.3 is 6.18 Å². The van der Waals surface area contributed by atoms with E-state index in [2.05, 4.69) is 10.6 Å². The maximum Gasteiger partial charge on any atom is 0.395 e. The molecule has 0 radical (unpaired) electrons. The lowest BCUT2D eigenvalue weighted by Crippen LogP contribution is -2.52. The van der Waals surface area contributed by atoms with Gasteiger partial charge in [-0.3, -0.25) is 9.59 Å². The van der Waals surface area contributed by atoms with Crippen molar-refractivity contribution in [3.05, 3.63) is 71.0 Å². The van der Waals surface area contributed by atoms with E-state index >= 15 is 0 Å². The molecule has 0 aromatic heterocycles. The van der Waals surface area contributed by atoms with Crippen LogP contribution in [0.2, 0.25) is 0 Å². The predicted octanol–water partition coefficient (Wildman–Crippen LogP) is 4.68. The minimum atomic E-state index is -4.39. The molecule has 2 aromatic rings. The minimum absolute atomic E-state index is 0.0103. The van der Waals surface area contributed by atoms with Crippen molar-refractivity contribution in [2.24, 2.45) is 5.41 Å². The Hall–Kier alpha value is -2.94. The number of amides is 2. The zero-order valence-electron chi connectivity index (χ0n) is 21.0. The SMILES string of the molecule is CNC(=O)c1ccc(C[C@](C)(CNC(=O)C[C@@H](c2ccccc2)C2(C(F)(F)F)CC2)N(C)C)cc1F. The molecule has 2 amide bonds. The van der Waals surface area contributed by atoms with Crippen LogP contribution < -0.4 is 10.6 Å². The summed E-state index contributed by atoms with van der Waals surface area (Å²) >= 11 is 0. The average molecular weight is 508 g/mol. The Morgan fingerprint density at radius 1 is 1.08 bits per heavy atom. The van der Waals surface area contributed by atoms with Crippen molar-refractivity contribution in [2.45, 2.75) is 50.2 Å². The van der Waals surface area contributed by atoms with Crippen LogP contribution in [-0.2, 0) is 11.2 Å². The van der Waals surface area contributed by atoms with E-state index in [1.807, 2.05) is 25.9 Å². The van der Waals surface area contributed by atoms with E-state index in [4.69, 9.17) is 0 Å². The van der Waals surface area contributed by atoms with Crippen LogP contribution in [0.4, 0.5) is 17.6 Å². The number of carbonyl (C=O) groups excluding carboxylic acids is 2. The summed E-state index contributed by atoms with van der Waals surface area (Å²) < 4.78 is 56.3. The highest BCUT2D eigenvalue weighted by atomic mass is 19.4. The molecule has 0 spiro atoms. The molecular weight excluding hydrogens is 474 g/mol. The molecule has 0 aliphatic heterocycles. The Bertz CT molecular complexity index is 1080. The number of nitrogens with zero attached hydrogens (tertiary/aromatic N) is 1. The maximum absolute atomic E-state index is 14.5. The first-order chi connectivity index (χ1) is 16.8. The molecule has 3 rings (SSSR count). The van der Waals surface area contributed by atoms with Gasteiger partial charge in [0, 0.05) is 31.5 Å². The van der Waals surface area contributed by atoms with Gasteiger partial charge in [0.15, 0.2) is 0 Å². The highest BCUT2D eigenvalue weighted by Crippen LogP contribution is 2.66. The lowest BCUT2D eigenvalue weighted by Gasteiger charge is -2.37. The molecular formula is C27H33F4N3O2. The van der Waals surface area contributed by atoms with Gasteiger partial charge in [0.2, 0.25) is 5.91 Å². The highest BCUT2D eigenvalue weighted by Gasteiger charge is 2.67. The molecule has 2 atom stereocenters. The molecule has 36 heavy (non-hydrogen) atoms. The normalized spacial score (nSPS) is 17.2. The molecule has 0 unspecified atom stereocenters. The van der Waals surface area contributed by atoms with Gasteiger partial charge in [0.25, 0.3) is 5.91 Å². The third-order valence-electron chi connectivity index (χ3n) is 7.45. The molecule has 196 valence electrons. The molecule has 1 saturated carbocycles. The third kappa shape index (κ3) is 5.88. The fourth-order valence-electron chi connectivity index (χ4n) is 4.63. The summed E-state index contributed by atoms with van der Waals surface area (Å²) in [4.78, 5) is 26.6. The highest BCUT2D eigenvalue weighted by molar-refractivity contribution is 5.94. The number of halogens is 4. The van der Waals surface area contributed by atoms with Gasteiger partial charge in [-0.1, -0.05) is 36.4 Å². The zero-order valence-corrected chi connectivity index (χ0v) is 21.0. The molecule has 0 heterocycles. The van der Waals surface area contributed by atoms with Crippen molar-refractivity contribution >= 4 is 11.8 Å². The Morgan fingerprint density at radius 2 is 1.72 bits per heavy atom. The standard InChI is InChI=1S/C27H33F4N3O2/c1-25(34(3)4,16-18-10-11-20(22(28)14-18)24(36)32-2)17-33-23(35)15-21(19-8-6-5-7-9-19)26(12-13-26)27(29,30)31/h5-11,14,21H,12-13,15-17H2,1-4H3,(H,32,36)(H,33,35)/t21-,25+/m0/s1. The number of alkyl halides is 3. The van der Waals surface area contributed by atoms with E-state index in [1.165, 1.54) is 19.2 Å². The second kappa shape index (κ2) is 10.6. The van der Waals surface area contributed by atoms with E-state index in [1.54, 1.807) is 36.4 Å². The van der Waals surface area contributed by atoms with Crippen LogP contribution in [0.5, 0.6) is 0 Å². The van der Waals surface area contributed by atoms with E-state index in [9.17, 15) is 27.2 Å². The monoisotopic (exact) mass is 507 g/mol. The first kappa shape index (κ1) is 27.6. The number of carbonyl (C=O) groups is 2. The second-order valence-electron chi connectivity index (χ2n) is 10.1. The van der Waals surface area contributed by atoms with Crippen molar-refractivity contribution in [1.29, 1.82) is 0 Å². The molecule has 2 aromatic carbocycles. The Labute approximate surface area is 209 Å². The third-order valence-corrected chi connectivity index (χ3v) is 7.45. The molecule has 1 fully saturated rings. The Balaban J connectivity index is 1.73. The van der Waals surface area contributed by atoms with Gasteiger partial charge in [-0.25, -0.2) is 4.39 Å². The van der Waals surface area contributed by atoms with Crippen LogP contribution in [0.15, 0.2) is 48.5 Å². The summed E-state index contributed by atoms with van der Waals surface area (Å²) in [7, 11) is 5.05. The van der Waals surface area contributed by atoms with Crippen LogP contribution in [0.3, 0.4) is 0 Å². The number of likely N-dealkylation sites (N-methyl/N-ethyl adjacent to an activating group) is 1. The van der Waals surface area contributed by atoms with Crippen molar-refractivity contribution in [3.63, 3.8) is 0 Å². The van der Waals surface area contributed by atoms with Gasteiger partial charge in [-0.2, -0.15) is 13.2 Å². The minimum Gasteiger partial charge on any atom is -0.355 e. The van der Waals surface area contributed by atoms with Gasteiger partial charge in [0.05, 0.1) is 11.0 Å². The second-order valence-corrected chi connectivity index (χ2v) is 10.1. The van der Waals surface area contributed by atoms with Crippen molar-refractivity contribution in [3.8, 4) is 0 Å². The van der Waals surface area contributed by atoms with Gasteiger partial charge in [-0.15, -0.1) is 0 Å². The lowest BCUT2D eigenvalue weighted by molar-refractivity contribution is -0.194. The summed E-state index contributed by atoms with van der Waals surface area (Å²) in [6, 6.07) is 12.8. The molecule has 9 heteroatoms. The zero-order chi connectivity index (χ0) is 26.7. The topological polar surface area (TPSA) is 61.4 Å². The number of hydrogen-bond acceptors (Lipinski definition) is 3. The van der Waals surface area contributed by atoms with Crippen LogP contribution in [-0.4, -0.2) is 56.1 Å². The molecule has 0 bridgehead atoms. The first-order valence-corrected chi connectivity index (χ1v) is 11.9. The number of hydrogen-bond donors (Lipinski definition) is 2. The van der Waals surface area contributed by atoms with Crippen molar-refractivity contribution in [1.82, 2.24) is 15.5 Å². The Morgan fingerprint density at radius 3 is 2.22 bits per heavy atom. The first-order valence-electron chi connectivity index (χ1n) is 11.9. The molecule has 2 N–H and O–H groups in total. The lowest BCUT2D eigenvalue weighted by atomic mass is 9.80. The quantitative estimate of drug-likeness (QED) is 0.459. The van der Waals surface area contributed by atoms with Gasteiger partial charge < -0.3 is 15.5 Å². The smallest absolute Gasteiger partial charge is 0.355 e. The van der Waals surface area contributed by atoms with E-state index in [0.717, 1.165) is 0 Å². The summed E-state index contributed by atoms with van der Waals surface area (Å²) in [5, 5.41) is 5.21. The van der Waals surface area contributed by atoms with Crippen LogP contribution in [0.1, 0.15) is 53.6 Å². The maximum atomic E-state index is 14.5. The fraction of sp³-hybridized carbons (Fsp3) is 0.481. The van der Waals surface area contributed by atoms with Crippen LogP contribution in [0.25, 0.3) is 0 Å². The largest absolute Gasteiger partial charge is 0.395 e. The molecule has 1 aliphatic rings. The molecule has 5 nitrogen and oxygen atoms in total. The Kier molecular flexibility index (Phi) is 8.13. The summed E-state index contributed by atoms with van der Waals surface area (Å²) in [6.45, 7) is 2.03. The van der Waals surface area contributed by atoms with Crippen molar-refractivity contribution < 1.29 is 27.2 Å². The number of benzene rings is 2. The van der Waals surface area contributed by atoms with E-state index in [0.29, 0.717) is 17.5 Å². The van der Waals surface area contributed by atoms with Gasteiger partial charge in [0.1, 0.15) is 5.82 Å². The summed E-state index contributed by atoms with van der Waals surface area (Å²) in [6.07, 6.45) is -4.30. The van der Waals surface area contributed by atoms with Crippen LogP contribution >= 0.6 is 0 Å². The van der Waals surface area contributed by atoms with Gasteiger partial charge in [-0.05, 0) is 63.5 Å². The molecule has 0 saturated heterocycles. The van der Waals surface area contributed by atoms with E-state index < -0.39 is 40.7 Å². The summed E-state index contributed by atoms with van der Waals surface area (Å²) in [5.41, 5.74) is -1.46. The van der Waals surface area contributed by atoms with Crippen molar-refractivity contribution in [2.75, 3.05) is 27.7 Å².